The molecule has 3 aromatic rings. The molecule has 132 valence electrons. The maximum Gasteiger partial charge on any atom is 0.314 e. The van der Waals surface area contributed by atoms with Crippen LogP contribution in [0.25, 0.3) is 11.0 Å². The van der Waals surface area contributed by atoms with Crippen molar-refractivity contribution in [3.05, 3.63) is 80.4 Å². The highest BCUT2D eigenvalue weighted by Crippen LogP contribution is 2.28. The largest absolute Gasteiger partial charge is 0.339 e. The van der Waals surface area contributed by atoms with Crippen molar-refractivity contribution in [2.45, 2.75) is 18.8 Å². The molecule has 1 aromatic heterocycles. The first kappa shape index (κ1) is 16.3. The molecule has 1 amide bonds. The van der Waals surface area contributed by atoms with Crippen molar-refractivity contribution in [2.75, 3.05) is 13.1 Å². The van der Waals surface area contributed by atoms with Crippen LogP contribution in [0.2, 0.25) is 0 Å². The van der Waals surface area contributed by atoms with Crippen molar-refractivity contribution < 1.29 is 4.79 Å². The lowest BCUT2D eigenvalue weighted by molar-refractivity contribution is 0.0713. The van der Waals surface area contributed by atoms with Crippen LogP contribution in [0, 0.1) is 0 Å². The SMILES string of the molecule is O=C(c1ccc2[nH]c(=O)c(=O)[nH]c2c1)N1CCC(c2ccccc2)CC1. The van der Waals surface area contributed by atoms with Crippen molar-refractivity contribution in [1.29, 1.82) is 0 Å². The molecular formula is C20H19N3O3. The van der Waals surface area contributed by atoms with E-state index < -0.39 is 11.1 Å². The summed E-state index contributed by atoms with van der Waals surface area (Å²) in [5.41, 5.74) is 1.39. The molecule has 4 rings (SSSR count). The van der Waals surface area contributed by atoms with Gasteiger partial charge < -0.3 is 14.9 Å². The van der Waals surface area contributed by atoms with Crippen LogP contribution in [-0.4, -0.2) is 33.9 Å². The number of carbonyl (C=O) groups excluding carboxylic acids is 1. The molecule has 2 heterocycles. The molecule has 1 aliphatic heterocycles. The first-order chi connectivity index (χ1) is 12.6. The molecule has 0 spiro atoms. The van der Waals surface area contributed by atoms with Gasteiger partial charge in [-0.25, -0.2) is 0 Å². The summed E-state index contributed by atoms with van der Waals surface area (Å²) < 4.78 is 0. The summed E-state index contributed by atoms with van der Waals surface area (Å²) in [6.45, 7) is 1.41. The van der Waals surface area contributed by atoms with E-state index in [0.717, 1.165) is 12.8 Å². The Balaban J connectivity index is 1.51. The van der Waals surface area contributed by atoms with Gasteiger partial charge in [-0.15, -0.1) is 0 Å². The molecule has 2 aromatic carbocycles. The fourth-order valence-electron chi connectivity index (χ4n) is 3.57. The molecule has 0 unspecified atom stereocenters. The second-order valence-electron chi connectivity index (χ2n) is 6.65. The quantitative estimate of drug-likeness (QED) is 0.696. The van der Waals surface area contributed by atoms with Gasteiger partial charge in [0, 0.05) is 18.7 Å². The number of carbonyl (C=O) groups is 1. The minimum absolute atomic E-state index is 0.0505. The van der Waals surface area contributed by atoms with E-state index >= 15 is 0 Å². The van der Waals surface area contributed by atoms with Crippen LogP contribution in [0.4, 0.5) is 0 Å². The molecule has 0 atom stereocenters. The van der Waals surface area contributed by atoms with Crippen molar-refractivity contribution in [3.63, 3.8) is 0 Å². The standard InChI is InChI=1S/C20H19N3O3/c24-18-19(25)22-17-12-15(6-7-16(17)21-18)20(26)23-10-8-14(9-11-23)13-4-2-1-3-5-13/h1-7,12,14H,8-11H2,(H,21,24)(H,22,25). The van der Waals surface area contributed by atoms with E-state index in [1.807, 2.05) is 23.1 Å². The Hall–Kier alpha value is -3.15. The zero-order chi connectivity index (χ0) is 18.1. The van der Waals surface area contributed by atoms with Crippen LogP contribution >= 0.6 is 0 Å². The molecule has 0 saturated carbocycles. The zero-order valence-electron chi connectivity index (χ0n) is 14.2. The van der Waals surface area contributed by atoms with Crippen molar-refractivity contribution >= 4 is 16.9 Å². The molecule has 1 fully saturated rings. The van der Waals surface area contributed by atoms with Gasteiger partial charge in [0.1, 0.15) is 0 Å². The number of likely N-dealkylation sites (tertiary alicyclic amines) is 1. The summed E-state index contributed by atoms with van der Waals surface area (Å²) in [6.07, 6.45) is 1.88. The van der Waals surface area contributed by atoms with Gasteiger partial charge in [0.2, 0.25) is 0 Å². The van der Waals surface area contributed by atoms with Crippen molar-refractivity contribution in [3.8, 4) is 0 Å². The monoisotopic (exact) mass is 349 g/mol. The number of hydrogen-bond donors (Lipinski definition) is 2. The molecule has 6 nitrogen and oxygen atoms in total. The maximum absolute atomic E-state index is 12.8. The molecular weight excluding hydrogens is 330 g/mol. The Morgan fingerprint density at radius 2 is 1.54 bits per heavy atom. The number of nitrogens with zero attached hydrogens (tertiary/aromatic N) is 1. The number of piperidine rings is 1. The summed E-state index contributed by atoms with van der Waals surface area (Å²) in [4.78, 5) is 42.5. The molecule has 0 aliphatic carbocycles. The van der Waals surface area contributed by atoms with Gasteiger partial charge in [-0.3, -0.25) is 14.4 Å². The number of H-pyrrole nitrogens is 2. The van der Waals surface area contributed by atoms with Gasteiger partial charge >= 0.3 is 11.1 Å². The number of nitrogens with one attached hydrogen (secondary N) is 2. The number of fused-ring (bicyclic) bond motifs is 1. The Morgan fingerprint density at radius 1 is 0.885 bits per heavy atom. The number of hydrogen-bond acceptors (Lipinski definition) is 3. The minimum atomic E-state index is -0.717. The van der Waals surface area contributed by atoms with Gasteiger partial charge in [0.15, 0.2) is 0 Å². The lowest BCUT2D eigenvalue weighted by atomic mass is 9.89. The van der Waals surface area contributed by atoms with E-state index in [1.165, 1.54) is 5.56 Å². The third-order valence-corrected chi connectivity index (χ3v) is 5.02. The second-order valence-corrected chi connectivity index (χ2v) is 6.65. The smallest absolute Gasteiger partial charge is 0.314 e. The Bertz CT molecular complexity index is 1060. The summed E-state index contributed by atoms with van der Waals surface area (Å²) in [6, 6.07) is 15.3. The normalized spacial score (nSPS) is 15.3. The number of aromatic amines is 2. The summed E-state index contributed by atoms with van der Waals surface area (Å²) >= 11 is 0. The highest BCUT2D eigenvalue weighted by molar-refractivity contribution is 5.97. The summed E-state index contributed by atoms with van der Waals surface area (Å²) in [5, 5.41) is 0. The molecule has 6 heteroatoms. The number of amides is 1. The van der Waals surface area contributed by atoms with E-state index in [-0.39, 0.29) is 5.91 Å². The molecule has 2 N–H and O–H groups in total. The van der Waals surface area contributed by atoms with Crippen LogP contribution in [-0.2, 0) is 0 Å². The van der Waals surface area contributed by atoms with Gasteiger partial charge in [-0.1, -0.05) is 30.3 Å². The highest BCUT2D eigenvalue weighted by atomic mass is 16.2. The Labute approximate surface area is 149 Å². The van der Waals surface area contributed by atoms with Crippen molar-refractivity contribution in [2.24, 2.45) is 0 Å². The van der Waals surface area contributed by atoms with Gasteiger partial charge in [-0.2, -0.15) is 0 Å². The fourth-order valence-corrected chi connectivity index (χ4v) is 3.57. The van der Waals surface area contributed by atoms with E-state index in [0.29, 0.717) is 35.6 Å². The minimum Gasteiger partial charge on any atom is -0.339 e. The first-order valence-corrected chi connectivity index (χ1v) is 8.72. The van der Waals surface area contributed by atoms with Crippen LogP contribution in [0.1, 0.15) is 34.7 Å². The molecule has 26 heavy (non-hydrogen) atoms. The van der Waals surface area contributed by atoms with E-state index in [1.54, 1.807) is 18.2 Å². The van der Waals surface area contributed by atoms with Gasteiger partial charge in [0.25, 0.3) is 5.91 Å². The second kappa shape index (κ2) is 6.63. The first-order valence-electron chi connectivity index (χ1n) is 8.72. The van der Waals surface area contributed by atoms with E-state index in [4.69, 9.17) is 0 Å². The van der Waals surface area contributed by atoms with Gasteiger partial charge in [-0.05, 0) is 42.5 Å². The van der Waals surface area contributed by atoms with Crippen LogP contribution in [0.3, 0.4) is 0 Å². The summed E-state index contributed by atoms with van der Waals surface area (Å²) in [5.74, 6) is 0.434. The topological polar surface area (TPSA) is 86.0 Å². The number of aromatic nitrogens is 2. The molecule has 1 saturated heterocycles. The fraction of sp³-hybridized carbons (Fsp3) is 0.250. The number of rotatable bonds is 2. The predicted molar refractivity (Wildman–Crippen MR) is 99.5 cm³/mol. The molecule has 0 radical (unpaired) electrons. The highest BCUT2D eigenvalue weighted by Gasteiger charge is 2.24. The van der Waals surface area contributed by atoms with E-state index in [9.17, 15) is 14.4 Å². The van der Waals surface area contributed by atoms with Gasteiger partial charge in [0.05, 0.1) is 11.0 Å². The predicted octanol–water partition coefficient (Wildman–Crippen LogP) is 2.24. The van der Waals surface area contributed by atoms with E-state index in [2.05, 4.69) is 22.1 Å². The third-order valence-electron chi connectivity index (χ3n) is 5.02. The Kier molecular flexibility index (Phi) is 4.16. The lowest BCUT2D eigenvalue weighted by Gasteiger charge is -2.32. The van der Waals surface area contributed by atoms with Crippen molar-refractivity contribution in [1.82, 2.24) is 14.9 Å². The Morgan fingerprint density at radius 3 is 2.23 bits per heavy atom. The molecule has 1 aliphatic rings. The lowest BCUT2D eigenvalue weighted by Crippen LogP contribution is -2.38. The summed E-state index contributed by atoms with van der Waals surface area (Å²) in [7, 11) is 0. The third kappa shape index (κ3) is 3.06. The number of benzene rings is 2. The molecule has 0 bridgehead atoms. The average Bonchev–Trinajstić information content (AvgIpc) is 2.69. The average molecular weight is 349 g/mol. The van der Waals surface area contributed by atoms with Crippen LogP contribution < -0.4 is 11.1 Å². The zero-order valence-corrected chi connectivity index (χ0v) is 14.2. The maximum atomic E-state index is 12.8. The van der Waals surface area contributed by atoms with Crippen LogP contribution in [0.5, 0.6) is 0 Å². The van der Waals surface area contributed by atoms with Crippen LogP contribution in [0.15, 0.2) is 58.1 Å².